The summed E-state index contributed by atoms with van der Waals surface area (Å²) in [4.78, 5) is 28.5. The highest BCUT2D eigenvalue weighted by Crippen LogP contribution is 2.22. The quantitative estimate of drug-likeness (QED) is 0.390. The monoisotopic (exact) mass is 571 g/mol. The summed E-state index contributed by atoms with van der Waals surface area (Å²) in [5, 5.41) is 4.00. The van der Waals surface area contributed by atoms with Gasteiger partial charge in [-0.15, -0.1) is 11.3 Å². The number of carbonyl (C=O) groups is 2. The molecule has 0 saturated carbocycles. The number of piperazine rings is 1. The second-order valence-electron chi connectivity index (χ2n) is 9.06. The fourth-order valence-electron chi connectivity index (χ4n) is 3.18. The van der Waals surface area contributed by atoms with Crippen LogP contribution >= 0.6 is 22.9 Å². The SMILES string of the molecule is CC(C)(C)OC=O.NCc1c(Cl)cccc1C=CCS(=O)(=O)Nc1ncc(CC(=O)N2CCNCC2)s1. The van der Waals surface area contributed by atoms with Crippen molar-refractivity contribution < 1.29 is 22.7 Å². The van der Waals surface area contributed by atoms with Crippen molar-refractivity contribution in [2.45, 2.75) is 39.3 Å². The summed E-state index contributed by atoms with van der Waals surface area (Å²) in [6.45, 7) is 9.12. The van der Waals surface area contributed by atoms with Gasteiger partial charge in [-0.3, -0.25) is 14.3 Å². The predicted octanol–water partition coefficient (Wildman–Crippen LogP) is 2.64. The second-order valence-corrected chi connectivity index (χ2v) is 12.4. The van der Waals surface area contributed by atoms with Crippen LogP contribution in [0, 0.1) is 0 Å². The standard InChI is InChI=1S/C19H24ClN5O3S2.C5H10O2/c20-17-5-1-3-14(16(17)12-21)4-2-10-30(27,28)24-19-23-13-15(29-19)11-18(26)25-8-6-22-7-9-25;1-5(2,3)7-4-6/h1-5,13,22H,6-12,21H2,(H,23,24);4H,1-3H3. The molecule has 0 radical (unpaired) electrons. The van der Waals surface area contributed by atoms with Crippen LogP contribution in [0.3, 0.4) is 0 Å². The Morgan fingerprint density at radius 1 is 1.32 bits per heavy atom. The first-order valence-corrected chi connectivity index (χ1v) is 14.5. The normalized spacial score (nSPS) is 14.1. The minimum Gasteiger partial charge on any atom is -0.462 e. The Morgan fingerprint density at radius 3 is 2.62 bits per heavy atom. The number of rotatable bonds is 9. The molecule has 1 aliphatic heterocycles. The van der Waals surface area contributed by atoms with E-state index < -0.39 is 10.0 Å². The van der Waals surface area contributed by atoms with Gasteiger partial charge in [-0.25, -0.2) is 13.4 Å². The topological polar surface area (TPSA) is 144 Å². The molecule has 13 heteroatoms. The number of aromatic nitrogens is 1. The Balaban J connectivity index is 0.000000604. The van der Waals surface area contributed by atoms with Crippen LogP contribution in [0.5, 0.6) is 0 Å². The molecule has 0 aliphatic carbocycles. The van der Waals surface area contributed by atoms with Crippen LogP contribution in [0.15, 0.2) is 30.5 Å². The number of ether oxygens (including phenoxy) is 1. The van der Waals surface area contributed by atoms with Crippen molar-refractivity contribution in [3.05, 3.63) is 51.5 Å². The molecule has 0 atom stereocenters. The molecular formula is C24H34ClN5O5S2. The number of anilines is 1. The molecule has 10 nitrogen and oxygen atoms in total. The van der Waals surface area contributed by atoms with E-state index in [0.29, 0.717) is 24.6 Å². The van der Waals surface area contributed by atoms with Crippen molar-refractivity contribution in [1.82, 2.24) is 15.2 Å². The number of carbonyl (C=O) groups excluding carboxylic acids is 2. The lowest BCUT2D eigenvalue weighted by atomic mass is 10.1. The number of halogens is 1. The average Bonchev–Trinajstić information content (AvgIpc) is 3.25. The summed E-state index contributed by atoms with van der Waals surface area (Å²) in [6.07, 6.45) is 4.98. The first-order valence-electron chi connectivity index (χ1n) is 11.6. The number of nitrogens with zero attached hydrogens (tertiary/aromatic N) is 2. The summed E-state index contributed by atoms with van der Waals surface area (Å²) in [5.74, 6) is -0.201. The zero-order valence-electron chi connectivity index (χ0n) is 21.2. The van der Waals surface area contributed by atoms with Gasteiger partial charge >= 0.3 is 0 Å². The zero-order valence-corrected chi connectivity index (χ0v) is 23.6. The van der Waals surface area contributed by atoms with Gasteiger partial charge in [0.05, 0.1) is 12.2 Å². The van der Waals surface area contributed by atoms with Gasteiger partial charge in [0.15, 0.2) is 5.13 Å². The number of thiazole rings is 1. The molecule has 1 amide bonds. The maximum atomic E-state index is 12.4. The number of amides is 1. The largest absolute Gasteiger partial charge is 0.462 e. The van der Waals surface area contributed by atoms with Crippen LogP contribution in [0.4, 0.5) is 5.13 Å². The van der Waals surface area contributed by atoms with Gasteiger partial charge in [0.1, 0.15) is 5.60 Å². The minimum absolute atomic E-state index is 0.0229. The van der Waals surface area contributed by atoms with E-state index in [2.05, 4.69) is 19.8 Å². The Kier molecular flexibility index (Phi) is 12.0. The van der Waals surface area contributed by atoms with Crippen molar-refractivity contribution in [3.8, 4) is 0 Å². The van der Waals surface area contributed by atoms with Gasteiger partial charge in [0.2, 0.25) is 15.9 Å². The van der Waals surface area contributed by atoms with E-state index in [1.54, 1.807) is 23.1 Å². The van der Waals surface area contributed by atoms with Gasteiger partial charge in [-0.1, -0.05) is 35.9 Å². The van der Waals surface area contributed by atoms with Crippen LogP contribution in [0.1, 0.15) is 36.8 Å². The Labute approximate surface area is 227 Å². The molecule has 3 rings (SSSR count). The van der Waals surface area contributed by atoms with Crippen molar-refractivity contribution in [2.75, 3.05) is 36.7 Å². The van der Waals surface area contributed by atoms with E-state index in [4.69, 9.17) is 17.3 Å². The fraction of sp³-hybridized carbons (Fsp3) is 0.458. The molecule has 0 bridgehead atoms. The van der Waals surface area contributed by atoms with Crippen molar-refractivity contribution in [3.63, 3.8) is 0 Å². The summed E-state index contributed by atoms with van der Waals surface area (Å²) in [6, 6.07) is 5.35. The number of sulfonamides is 1. The fourth-order valence-corrected chi connectivity index (χ4v) is 5.39. The summed E-state index contributed by atoms with van der Waals surface area (Å²) < 4.78 is 31.7. The second kappa shape index (κ2) is 14.4. The van der Waals surface area contributed by atoms with Gasteiger partial charge in [-0.05, 0) is 38.0 Å². The van der Waals surface area contributed by atoms with Crippen LogP contribution in [0.25, 0.3) is 6.08 Å². The highest BCUT2D eigenvalue weighted by molar-refractivity contribution is 7.93. The lowest BCUT2D eigenvalue weighted by Gasteiger charge is -2.27. The number of hydrogen-bond acceptors (Lipinski definition) is 9. The number of nitrogens with two attached hydrogens (primary N) is 1. The molecule has 204 valence electrons. The molecule has 0 unspecified atom stereocenters. The van der Waals surface area contributed by atoms with E-state index in [1.807, 2.05) is 26.8 Å². The number of nitrogens with one attached hydrogen (secondary N) is 2. The molecule has 1 saturated heterocycles. The van der Waals surface area contributed by atoms with Crippen LogP contribution < -0.4 is 15.8 Å². The summed E-state index contributed by atoms with van der Waals surface area (Å²) in [5.41, 5.74) is 6.94. The van der Waals surface area contributed by atoms with E-state index in [-0.39, 0.29) is 35.4 Å². The number of hydrogen-bond donors (Lipinski definition) is 3. The predicted molar refractivity (Wildman–Crippen MR) is 148 cm³/mol. The average molecular weight is 572 g/mol. The first kappa shape index (κ1) is 30.7. The van der Waals surface area contributed by atoms with Crippen molar-refractivity contribution >= 4 is 56.5 Å². The molecule has 4 N–H and O–H groups in total. The highest BCUT2D eigenvalue weighted by atomic mass is 35.5. The lowest BCUT2D eigenvalue weighted by Crippen LogP contribution is -2.46. The molecule has 1 fully saturated rings. The summed E-state index contributed by atoms with van der Waals surface area (Å²) >= 11 is 7.28. The molecule has 2 aromatic rings. The lowest BCUT2D eigenvalue weighted by molar-refractivity contribution is -0.138. The zero-order chi connectivity index (χ0) is 27.5. The Hall–Kier alpha value is -2.51. The third-order valence-corrected chi connectivity index (χ3v) is 7.50. The van der Waals surface area contributed by atoms with Crippen molar-refractivity contribution in [1.29, 1.82) is 0 Å². The maximum absolute atomic E-state index is 12.4. The van der Waals surface area contributed by atoms with Crippen LogP contribution in [0.2, 0.25) is 5.02 Å². The van der Waals surface area contributed by atoms with Gasteiger partial charge in [-0.2, -0.15) is 0 Å². The summed E-state index contributed by atoms with van der Waals surface area (Å²) in [7, 11) is -3.63. The van der Waals surface area contributed by atoms with Crippen LogP contribution in [-0.4, -0.2) is 68.2 Å². The van der Waals surface area contributed by atoms with Crippen molar-refractivity contribution in [2.24, 2.45) is 5.73 Å². The third-order valence-electron chi connectivity index (χ3n) is 4.97. The van der Waals surface area contributed by atoms with Crippen LogP contribution in [-0.2, 0) is 37.3 Å². The van der Waals surface area contributed by atoms with E-state index in [9.17, 15) is 18.0 Å². The molecule has 1 aromatic carbocycles. The first-order chi connectivity index (χ1) is 17.4. The molecule has 37 heavy (non-hydrogen) atoms. The van der Waals surface area contributed by atoms with Gasteiger partial charge in [0, 0.05) is 48.8 Å². The molecule has 0 spiro atoms. The third kappa shape index (κ3) is 11.2. The molecule has 2 heterocycles. The molecular weight excluding hydrogens is 538 g/mol. The van der Waals surface area contributed by atoms with Gasteiger partial charge in [0.25, 0.3) is 6.47 Å². The minimum atomic E-state index is -3.63. The Morgan fingerprint density at radius 2 is 2.03 bits per heavy atom. The van der Waals surface area contributed by atoms with Gasteiger partial charge < -0.3 is 20.7 Å². The van der Waals surface area contributed by atoms with E-state index in [1.165, 1.54) is 23.6 Å². The number of benzene rings is 1. The van der Waals surface area contributed by atoms with E-state index >= 15 is 0 Å². The molecule has 1 aliphatic rings. The smallest absolute Gasteiger partial charge is 0.293 e. The maximum Gasteiger partial charge on any atom is 0.293 e. The Bertz CT molecular complexity index is 1170. The van der Waals surface area contributed by atoms with E-state index in [0.717, 1.165) is 29.1 Å². The highest BCUT2D eigenvalue weighted by Gasteiger charge is 2.18. The molecule has 1 aromatic heterocycles.